The maximum absolute atomic E-state index is 11.7. The Balaban J connectivity index is 1.57. The predicted octanol–water partition coefficient (Wildman–Crippen LogP) is 0.456. The van der Waals surface area contributed by atoms with Gasteiger partial charge < -0.3 is 14.4 Å². The van der Waals surface area contributed by atoms with Crippen molar-refractivity contribution in [2.24, 2.45) is 11.8 Å². The molecule has 0 bridgehead atoms. The van der Waals surface area contributed by atoms with Crippen molar-refractivity contribution in [1.82, 2.24) is 19.6 Å². The number of hydrogen-bond acceptors (Lipinski definition) is 5. The first-order valence-electron chi connectivity index (χ1n) is 8.70. The molecule has 1 fully saturated rings. The number of carbonyl (C=O) groups excluding carboxylic acids is 1. The van der Waals surface area contributed by atoms with Gasteiger partial charge in [0, 0.05) is 59.0 Å². The van der Waals surface area contributed by atoms with E-state index in [4.69, 9.17) is 9.47 Å². The summed E-state index contributed by atoms with van der Waals surface area (Å²) in [5.74, 6) is 0.961. The molecule has 3 heterocycles. The first kappa shape index (κ1) is 17.4. The van der Waals surface area contributed by atoms with Crippen molar-refractivity contribution in [1.29, 1.82) is 0 Å². The smallest absolute Gasteiger partial charge is 0.248 e. The lowest BCUT2D eigenvalue weighted by Gasteiger charge is -2.26. The van der Waals surface area contributed by atoms with Crippen LogP contribution in [0.15, 0.2) is 12.3 Å². The second-order valence-electron chi connectivity index (χ2n) is 7.10. The van der Waals surface area contributed by atoms with Gasteiger partial charge in [-0.2, -0.15) is 5.10 Å². The van der Waals surface area contributed by atoms with Crippen molar-refractivity contribution in [3.63, 3.8) is 0 Å². The molecule has 134 valence electrons. The van der Waals surface area contributed by atoms with E-state index in [1.807, 2.05) is 6.20 Å². The standard InChI is InChI=1S/C17H28N4O3/c1-19(2)17(22)13-24-12-15-8-20(7-14-4-6-23-11-14)10-16-3-5-18-21(16)9-15/h3,5,14-15H,4,6-13H2,1-2H3/t14-,15-/m1/s1. The van der Waals surface area contributed by atoms with Gasteiger partial charge in [-0.05, 0) is 18.4 Å². The van der Waals surface area contributed by atoms with E-state index in [-0.39, 0.29) is 12.5 Å². The van der Waals surface area contributed by atoms with E-state index in [0.717, 1.165) is 45.8 Å². The van der Waals surface area contributed by atoms with Crippen molar-refractivity contribution in [3.05, 3.63) is 18.0 Å². The fraction of sp³-hybridized carbons (Fsp3) is 0.765. The Kier molecular flexibility index (Phi) is 5.86. The highest BCUT2D eigenvalue weighted by molar-refractivity contribution is 5.76. The SMILES string of the molecule is CN(C)C(=O)COC[C@@H]1CN(C[C@H]2CCOC2)Cc2ccnn2C1. The number of carbonyl (C=O) groups is 1. The number of ether oxygens (including phenoxy) is 2. The first-order chi connectivity index (χ1) is 11.6. The zero-order chi connectivity index (χ0) is 16.9. The Hall–Kier alpha value is -1.44. The molecule has 1 saturated heterocycles. The molecule has 0 spiro atoms. The van der Waals surface area contributed by atoms with Gasteiger partial charge in [0.15, 0.2) is 0 Å². The van der Waals surface area contributed by atoms with Gasteiger partial charge in [0.2, 0.25) is 5.91 Å². The largest absolute Gasteiger partial charge is 0.381 e. The Labute approximate surface area is 143 Å². The van der Waals surface area contributed by atoms with Crippen LogP contribution in [0.5, 0.6) is 0 Å². The molecule has 1 amide bonds. The van der Waals surface area contributed by atoms with Crippen LogP contribution in [0.3, 0.4) is 0 Å². The van der Waals surface area contributed by atoms with Crippen molar-refractivity contribution in [2.75, 3.05) is 53.6 Å². The lowest BCUT2D eigenvalue weighted by Crippen LogP contribution is -2.35. The number of aromatic nitrogens is 2. The topological polar surface area (TPSA) is 59.8 Å². The first-order valence-corrected chi connectivity index (χ1v) is 8.70. The quantitative estimate of drug-likeness (QED) is 0.755. The van der Waals surface area contributed by atoms with Gasteiger partial charge in [0.05, 0.1) is 18.9 Å². The fourth-order valence-corrected chi connectivity index (χ4v) is 3.40. The molecule has 3 rings (SSSR count). The van der Waals surface area contributed by atoms with Crippen LogP contribution >= 0.6 is 0 Å². The van der Waals surface area contributed by atoms with E-state index in [9.17, 15) is 4.79 Å². The summed E-state index contributed by atoms with van der Waals surface area (Å²) in [5, 5.41) is 4.44. The molecule has 0 unspecified atom stereocenters. The van der Waals surface area contributed by atoms with E-state index >= 15 is 0 Å². The maximum atomic E-state index is 11.7. The van der Waals surface area contributed by atoms with Crippen molar-refractivity contribution in [2.45, 2.75) is 19.5 Å². The number of amides is 1. The van der Waals surface area contributed by atoms with Crippen molar-refractivity contribution < 1.29 is 14.3 Å². The van der Waals surface area contributed by atoms with Crippen LogP contribution in [0.1, 0.15) is 12.1 Å². The third kappa shape index (κ3) is 4.55. The van der Waals surface area contributed by atoms with Crippen molar-refractivity contribution in [3.8, 4) is 0 Å². The second-order valence-corrected chi connectivity index (χ2v) is 7.10. The molecule has 1 aromatic rings. The Morgan fingerprint density at radius 3 is 3.04 bits per heavy atom. The predicted molar refractivity (Wildman–Crippen MR) is 89.4 cm³/mol. The molecular formula is C17H28N4O3. The number of hydrogen-bond donors (Lipinski definition) is 0. The van der Waals surface area contributed by atoms with Gasteiger partial charge in [0.1, 0.15) is 6.61 Å². The van der Waals surface area contributed by atoms with E-state index in [1.165, 1.54) is 5.69 Å². The van der Waals surface area contributed by atoms with E-state index in [1.54, 1.807) is 19.0 Å². The molecule has 7 heteroatoms. The van der Waals surface area contributed by atoms with Gasteiger partial charge in [-0.3, -0.25) is 14.4 Å². The van der Waals surface area contributed by atoms with E-state index in [2.05, 4.69) is 20.7 Å². The number of likely N-dealkylation sites (N-methyl/N-ethyl adjacent to an activating group) is 1. The third-order valence-corrected chi connectivity index (χ3v) is 4.76. The minimum Gasteiger partial charge on any atom is -0.381 e. The average Bonchev–Trinajstić information content (AvgIpc) is 3.16. The number of nitrogens with zero attached hydrogens (tertiary/aromatic N) is 4. The molecule has 7 nitrogen and oxygen atoms in total. The van der Waals surface area contributed by atoms with Crippen LogP contribution < -0.4 is 0 Å². The Morgan fingerprint density at radius 1 is 1.42 bits per heavy atom. The zero-order valence-corrected chi connectivity index (χ0v) is 14.7. The molecular weight excluding hydrogens is 308 g/mol. The second kappa shape index (κ2) is 8.09. The van der Waals surface area contributed by atoms with Gasteiger partial charge in [0.25, 0.3) is 0 Å². The summed E-state index contributed by atoms with van der Waals surface area (Å²) in [6, 6.07) is 2.09. The van der Waals surface area contributed by atoms with Gasteiger partial charge >= 0.3 is 0 Å². The average molecular weight is 336 g/mol. The summed E-state index contributed by atoms with van der Waals surface area (Å²) in [5.41, 5.74) is 1.25. The van der Waals surface area contributed by atoms with Gasteiger partial charge in [-0.15, -0.1) is 0 Å². The molecule has 0 aliphatic carbocycles. The molecule has 2 atom stereocenters. The lowest BCUT2D eigenvalue weighted by molar-refractivity contribution is -0.134. The highest BCUT2D eigenvalue weighted by atomic mass is 16.5. The van der Waals surface area contributed by atoms with Gasteiger partial charge in [-0.25, -0.2) is 0 Å². The lowest BCUT2D eigenvalue weighted by atomic mass is 10.1. The molecule has 0 radical (unpaired) electrons. The van der Waals surface area contributed by atoms with Gasteiger partial charge in [-0.1, -0.05) is 0 Å². The molecule has 0 saturated carbocycles. The molecule has 2 aliphatic heterocycles. The summed E-state index contributed by atoms with van der Waals surface area (Å²) in [6.45, 7) is 6.26. The monoisotopic (exact) mass is 336 g/mol. The van der Waals surface area contributed by atoms with Crippen molar-refractivity contribution >= 4 is 5.91 Å². The zero-order valence-electron chi connectivity index (χ0n) is 14.7. The third-order valence-electron chi connectivity index (χ3n) is 4.76. The highest BCUT2D eigenvalue weighted by Gasteiger charge is 2.26. The molecule has 0 N–H and O–H groups in total. The normalized spacial score (nSPS) is 24.6. The Bertz CT molecular complexity index is 540. The highest BCUT2D eigenvalue weighted by Crippen LogP contribution is 2.20. The summed E-state index contributed by atoms with van der Waals surface area (Å²) in [4.78, 5) is 15.7. The number of fused-ring (bicyclic) bond motifs is 1. The molecule has 0 aromatic carbocycles. The van der Waals surface area contributed by atoms with Crippen LogP contribution in [0, 0.1) is 11.8 Å². The van der Waals surface area contributed by atoms with E-state index in [0.29, 0.717) is 18.4 Å². The van der Waals surface area contributed by atoms with Crippen LogP contribution in [-0.4, -0.2) is 79.1 Å². The van der Waals surface area contributed by atoms with Crippen LogP contribution in [0.4, 0.5) is 0 Å². The molecule has 24 heavy (non-hydrogen) atoms. The summed E-state index contributed by atoms with van der Waals surface area (Å²) < 4.78 is 13.3. The molecule has 2 aliphatic rings. The van der Waals surface area contributed by atoms with E-state index < -0.39 is 0 Å². The summed E-state index contributed by atoms with van der Waals surface area (Å²) in [7, 11) is 3.50. The minimum absolute atomic E-state index is 0.00311. The van der Waals surface area contributed by atoms with Crippen LogP contribution in [0.25, 0.3) is 0 Å². The van der Waals surface area contributed by atoms with Crippen LogP contribution in [0.2, 0.25) is 0 Å². The number of rotatable bonds is 6. The Morgan fingerprint density at radius 2 is 2.29 bits per heavy atom. The summed E-state index contributed by atoms with van der Waals surface area (Å²) in [6.07, 6.45) is 3.01. The maximum Gasteiger partial charge on any atom is 0.248 e. The molecule has 1 aromatic heterocycles. The van der Waals surface area contributed by atoms with Crippen LogP contribution in [-0.2, 0) is 27.4 Å². The summed E-state index contributed by atoms with van der Waals surface area (Å²) >= 11 is 0. The minimum atomic E-state index is 0.00311. The fourth-order valence-electron chi connectivity index (χ4n) is 3.40.